The van der Waals surface area contributed by atoms with Crippen LogP contribution in [-0.4, -0.2) is 26.2 Å². The molecule has 2 aliphatic rings. The Balaban J connectivity index is 2.32. The first-order valence-corrected chi connectivity index (χ1v) is 7.27. The number of methoxy groups -OCH3 is 2. The maximum absolute atomic E-state index is 12.1. The molecule has 2 aliphatic carbocycles. The van der Waals surface area contributed by atoms with Crippen molar-refractivity contribution >= 4 is 11.9 Å². The zero-order valence-electron chi connectivity index (χ0n) is 12.8. The summed E-state index contributed by atoms with van der Waals surface area (Å²) in [7, 11) is 2.63. The molecular formula is C16H24O4. The second-order valence-corrected chi connectivity index (χ2v) is 6.46. The van der Waals surface area contributed by atoms with Gasteiger partial charge in [0.15, 0.2) is 5.41 Å². The molecule has 0 aromatic heterocycles. The molecule has 0 radical (unpaired) electrons. The molecule has 0 N–H and O–H groups in total. The van der Waals surface area contributed by atoms with E-state index in [0.717, 1.165) is 19.3 Å². The Bertz CT molecular complexity index is 437. The van der Waals surface area contributed by atoms with E-state index in [-0.39, 0.29) is 10.8 Å². The molecule has 0 amide bonds. The molecule has 4 nitrogen and oxygen atoms in total. The van der Waals surface area contributed by atoms with E-state index in [9.17, 15) is 9.59 Å². The third kappa shape index (κ3) is 1.97. The van der Waals surface area contributed by atoms with Crippen molar-refractivity contribution in [1.82, 2.24) is 0 Å². The predicted octanol–water partition coefficient (Wildman–Crippen LogP) is 2.87. The van der Waals surface area contributed by atoms with Crippen molar-refractivity contribution < 1.29 is 19.1 Å². The smallest absolute Gasteiger partial charge is 0.327 e. The first kappa shape index (κ1) is 15.1. The van der Waals surface area contributed by atoms with E-state index >= 15 is 0 Å². The monoisotopic (exact) mass is 280 g/mol. The minimum atomic E-state index is -1.26. The van der Waals surface area contributed by atoms with Crippen LogP contribution in [0.3, 0.4) is 0 Å². The average Bonchev–Trinajstić information content (AvgIpc) is 3.07. The van der Waals surface area contributed by atoms with Crippen molar-refractivity contribution in [2.45, 2.75) is 46.0 Å². The molecule has 20 heavy (non-hydrogen) atoms. The van der Waals surface area contributed by atoms with Crippen molar-refractivity contribution in [2.24, 2.45) is 16.2 Å². The number of rotatable bonds is 5. The van der Waals surface area contributed by atoms with Gasteiger partial charge in [0.1, 0.15) is 0 Å². The summed E-state index contributed by atoms with van der Waals surface area (Å²) in [5.74, 6) is -1.03. The number of hydrogen-bond donors (Lipinski definition) is 0. The van der Waals surface area contributed by atoms with E-state index in [2.05, 4.69) is 19.9 Å². The zero-order valence-corrected chi connectivity index (χ0v) is 12.8. The third-order valence-electron chi connectivity index (χ3n) is 5.21. The Kier molecular flexibility index (Phi) is 3.69. The lowest BCUT2D eigenvalue weighted by atomic mass is 9.69. The van der Waals surface area contributed by atoms with Crippen molar-refractivity contribution in [3.05, 3.63) is 12.2 Å². The van der Waals surface area contributed by atoms with Crippen molar-refractivity contribution in [1.29, 1.82) is 0 Å². The number of carbonyl (C=O) groups is 2. The van der Waals surface area contributed by atoms with E-state index in [1.54, 1.807) is 6.08 Å². The number of allylic oxidation sites excluding steroid dienone is 1. The summed E-state index contributed by atoms with van der Waals surface area (Å²) in [5, 5.41) is 0. The van der Waals surface area contributed by atoms with Crippen LogP contribution in [0.5, 0.6) is 0 Å². The number of hydrogen-bond acceptors (Lipinski definition) is 4. The fourth-order valence-electron chi connectivity index (χ4n) is 3.82. The van der Waals surface area contributed by atoms with Gasteiger partial charge in [-0.25, -0.2) is 0 Å². The van der Waals surface area contributed by atoms with Gasteiger partial charge in [0, 0.05) is 0 Å². The lowest BCUT2D eigenvalue weighted by Crippen LogP contribution is -2.44. The molecule has 0 saturated heterocycles. The lowest BCUT2D eigenvalue weighted by Gasteiger charge is -2.34. The SMILES string of the molecule is CCCCC12C=CC(C(=O)OC)(C(=O)OC)CC1(C)C2. The van der Waals surface area contributed by atoms with Gasteiger partial charge < -0.3 is 9.47 Å². The maximum Gasteiger partial charge on any atom is 0.327 e. The molecular weight excluding hydrogens is 256 g/mol. The van der Waals surface area contributed by atoms with Gasteiger partial charge in [-0.2, -0.15) is 0 Å². The first-order valence-electron chi connectivity index (χ1n) is 7.27. The Labute approximate surface area is 120 Å². The van der Waals surface area contributed by atoms with Crippen molar-refractivity contribution in [3.8, 4) is 0 Å². The number of carbonyl (C=O) groups excluding carboxylic acids is 2. The Hall–Kier alpha value is -1.32. The fraction of sp³-hybridized carbons (Fsp3) is 0.750. The van der Waals surface area contributed by atoms with Crippen LogP contribution in [0.1, 0.15) is 46.0 Å². The maximum atomic E-state index is 12.1. The van der Waals surface area contributed by atoms with Crippen LogP contribution in [0.15, 0.2) is 12.2 Å². The Morgan fingerprint density at radius 2 is 1.70 bits per heavy atom. The van der Waals surface area contributed by atoms with Crippen LogP contribution < -0.4 is 0 Å². The van der Waals surface area contributed by atoms with Gasteiger partial charge in [-0.3, -0.25) is 9.59 Å². The summed E-state index contributed by atoms with van der Waals surface area (Å²) < 4.78 is 9.70. The highest BCUT2D eigenvalue weighted by molar-refractivity contribution is 6.02. The molecule has 0 aromatic rings. The largest absolute Gasteiger partial charge is 0.468 e. The molecule has 2 rings (SSSR count). The van der Waals surface area contributed by atoms with E-state index < -0.39 is 17.4 Å². The molecule has 1 saturated carbocycles. The van der Waals surface area contributed by atoms with Gasteiger partial charge >= 0.3 is 11.9 Å². The quantitative estimate of drug-likeness (QED) is 0.441. The van der Waals surface area contributed by atoms with Crippen molar-refractivity contribution in [3.63, 3.8) is 0 Å². The van der Waals surface area contributed by atoms with E-state index in [1.807, 2.05) is 0 Å². The highest BCUT2D eigenvalue weighted by Gasteiger charge is 2.69. The highest BCUT2D eigenvalue weighted by atomic mass is 16.5. The van der Waals surface area contributed by atoms with E-state index in [0.29, 0.717) is 6.42 Å². The van der Waals surface area contributed by atoms with Gasteiger partial charge in [0.05, 0.1) is 14.2 Å². The molecule has 4 heteroatoms. The average molecular weight is 280 g/mol. The summed E-state index contributed by atoms with van der Waals surface area (Å²) in [5.41, 5.74) is -1.10. The number of fused-ring (bicyclic) bond motifs is 1. The van der Waals surface area contributed by atoms with E-state index in [4.69, 9.17) is 9.47 Å². The van der Waals surface area contributed by atoms with Gasteiger partial charge in [-0.05, 0) is 30.1 Å². The van der Waals surface area contributed by atoms with Crippen molar-refractivity contribution in [2.75, 3.05) is 14.2 Å². The van der Waals surface area contributed by atoms with Gasteiger partial charge in [0.2, 0.25) is 0 Å². The Morgan fingerprint density at radius 3 is 2.15 bits per heavy atom. The highest BCUT2D eigenvalue weighted by Crippen LogP contribution is 2.73. The van der Waals surface area contributed by atoms with Crippen LogP contribution in [-0.2, 0) is 19.1 Å². The normalized spacial score (nSPS) is 33.2. The second-order valence-electron chi connectivity index (χ2n) is 6.46. The molecule has 0 aromatic carbocycles. The summed E-state index contributed by atoms with van der Waals surface area (Å²) in [6.45, 7) is 4.34. The minimum Gasteiger partial charge on any atom is -0.468 e. The zero-order chi connectivity index (χ0) is 15.0. The van der Waals surface area contributed by atoms with Crippen LogP contribution in [0.4, 0.5) is 0 Å². The molecule has 0 bridgehead atoms. The number of esters is 2. The van der Waals surface area contributed by atoms with Crippen LogP contribution in [0.25, 0.3) is 0 Å². The van der Waals surface area contributed by atoms with Gasteiger partial charge in [-0.1, -0.05) is 38.8 Å². The summed E-state index contributed by atoms with van der Waals surface area (Å²) in [6, 6.07) is 0. The van der Waals surface area contributed by atoms with Crippen LogP contribution in [0, 0.1) is 16.2 Å². The predicted molar refractivity (Wildman–Crippen MR) is 74.9 cm³/mol. The number of unbranched alkanes of at least 4 members (excludes halogenated alkanes) is 1. The molecule has 1 fully saturated rings. The Morgan fingerprint density at radius 1 is 1.10 bits per heavy atom. The molecule has 2 atom stereocenters. The molecule has 112 valence electrons. The fourth-order valence-corrected chi connectivity index (χ4v) is 3.82. The summed E-state index contributed by atoms with van der Waals surface area (Å²) in [6.07, 6.45) is 8.77. The topological polar surface area (TPSA) is 52.6 Å². The second kappa shape index (κ2) is 4.90. The van der Waals surface area contributed by atoms with Crippen LogP contribution in [0.2, 0.25) is 0 Å². The summed E-state index contributed by atoms with van der Waals surface area (Å²) >= 11 is 0. The first-order chi connectivity index (χ1) is 9.39. The minimum absolute atomic E-state index is 0.000694. The standard InChI is InChI=1S/C16H24O4/c1-5-6-7-15-8-9-16(12(17)19-3,13(18)20-4)11-14(15,2)10-15/h8-9H,5-7,10-11H2,1-4H3. The molecule has 0 heterocycles. The van der Waals surface area contributed by atoms with Crippen LogP contribution >= 0.6 is 0 Å². The third-order valence-corrected chi connectivity index (χ3v) is 5.21. The summed E-state index contributed by atoms with van der Waals surface area (Å²) in [4.78, 5) is 24.3. The molecule has 2 unspecified atom stereocenters. The van der Waals surface area contributed by atoms with Gasteiger partial charge in [0.25, 0.3) is 0 Å². The lowest BCUT2D eigenvalue weighted by molar-refractivity contribution is -0.167. The van der Waals surface area contributed by atoms with E-state index in [1.165, 1.54) is 20.6 Å². The number of ether oxygens (including phenoxy) is 2. The molecule has 0 aliphatic heterocycles. The van der Waals surface area contributed by atoms with Gasteiger partial charge in [-0.15, -0.1) is 0 Å². The molecule has 0 spiro atoms.